The largest absolute Gasteiger partial charge is 0.469 e. The van der Waals surface area contributed by atoms with E-state index in [0.29, 0.717) is 19.2 Å². The van der Waals surface area contributed by atoms with E-state index in [2.05, 4.69) is 14.4 Å². The van der Waals surface area contributed by atoms with Gasteiger partial charge in [0, 0.05) is 25.6 Å². The number of sulfonamides is 1. The van der Waals surface area contributed by atoms with Crippen LogP contribution in [0.4, 0.5) is 0 Å². The molecule has 2 heterocycles. The van der Waals surface area contributed by atoms with Crippen molar-refractivity contribution in [3.8, 4) is 0 Å². The Labute approximate surface area is 126 Å². The van der Waals surface area contributed by atoms with Crippen LogP contribution in [0.15, 0.2) is 0 Å². The van der Waals surface area contributed by atoms with Crippen molar-refractivity contribution in [3.63, 3.8) is 0 Å². The molecule has 0 aromatic carbocycles. The average molecular weight is 320 g/mol. The Hall–Kier alpha value is -0.700. The SMILES string of the molecule is COC(=O)CCCS(=O)(=O)NCC1CN2CCCC2CO1. The van der Waals surface area contributed by atoms with Crippen molar-refractivity contribution in [1.29, 1.82) is 0 Å². The van der Waals surface area contributed by atoms with Gasteiger partial charge >= 0.3 is 5.97 Å². The van der Waals surface area contributed by atoms with Crippen LogP contribution >= 0.6 is 0 Å². The van der Waals surface area contributed by atoms with Gasteiger partial charge in [0.2, 0.25) is 10.0 Å². The molecule has 0 bridgehead atoms. The topological polar surface area (TPSA) is 84.9 Å². The van der Waals surface area contributed by atoms with Crippen molar-refractivity contribution in [3.05, 3.63) is 0 Å². The molecule has 1 N–H and O–H groups in total. The Bertz CT molecular complexity index is 453. The van der Waals surface area contributed by atoms with E-state index in [1.807, 2.05) is 0 Å². The highest BCUT2D eigenvalue weighted by atomic mass is 32.2. The van der Waals surface area contributed by atoms with Crippen LogP contribution in [0, 0.1) is 0 Å². The van der Waals surface area contributed by atoms with Crippen LogP contribution in [0.25, 0.3) is 0 Å². The van der Waals surface area contributed by atoms with E-state index in [9.17, 15) is 13.2 Å². The quantitative estimate of drug-likeness (QED) is 0.650. The van der Waals surface area contributed by atoms with Crippen LogP contribution in [0.1, 0.15) is 25.7 Å². The zero-order valence-corrected chi connectivity index (χ0v) is 13.2. The lowest BCUT2D eigenvalue weighted by molar-refractivity contribution is -0.140. The molecule has 0 aliphatic carbocycles. The third-order valence-corrected chi connectivity index (χ3v) is 5.45. The third-order valence-electron chi connectivity index (χ3n) is 4.01. The number of carbonyl (C=O) groups excluding carboxylic acids is 1. The summed E-state index contributed by atoms with van der Waals surface area (Å²) in [6.07, 6.45) is 2.66. The van der Waals surface area contributed by atoms with Crippen LogP contribution in [0.3, 0.4) is 0 Å². The normalized spacial score (nSPS) is 26.5. The predicted octanol–water partition coefficient (Wildman–Crippen LogP) is -0.278. The van der Waals surface area contributed by atoms with Gasteiger partial charge in [-0.1, -0.05) is 0 Å². The molecule has 2 aliphatic heterocycles. The number of esters is 1. The molecule has 2 aliphatic rings. The third kappa shape index (κ3) is 5.21. The zero-order chi connectivity index (χ0) is 15.3. The fourth-order valence-corrected chi connectivity index (χ4v) is 3.92. The minimum absolute atomic E-state index is 0.0683. The van der Waals surface area contributed by atoms with E-state index >= 15 is 0 Å². The molecule has 2 saturated heterocycles. The van der Waals surface area contributed by atoms with E-state index < -0.39 is 10.0 Å². The maximum atomic E-state index is 11.8. The fraction of sp³-hybridized carbons (Fsp3) is 0.923. The molecule has 0 spiro atoms. The van der Waals surface area contributed by atoms with E-state index in [0.717, 1.165) is 13.1 Å². The second kappa shape index (κ2) is 7.53. The Morgan fingerprint density at radius 2 is 2.29 bits per heavy atom. The fourth-order valence-electron chi connectivity index (χ4n) is 2.81. The lowest BCUT2D eigenvalue weighted by Crippen LogP contribution is -2.50. The average Bonchev–Trinajstić information content (AvgIpc) is 2.92. The highest BCUT2D eigenvalue weighted by Gasteiger charge is 2.32. The van der Waals surface area contributed by atoms with Gasteiger partial charge in [-0.05, 0) is 25.8 Å². The summed E-state index contributed by atoms with van der Waals surface area (Å²) in [5.74, 6) is -0.456. The molecule has 7 nitrogen and oxygen atoms in total. The van der Waals surface area contributed by atoms with Crippen molar-refractivity contribution in [2.75, 3.05) is 39.1 Å². The number of nitrogens with one attached hydrogen (secondary N) is 1. The number of rotatable bonds is 7. The first-order valence-corrected chi connectivity index (χ1v) is 9.05. The lowest BCUT2D eigenvalue weighted by atomic mass is 10.2. The van der Waals surface area contributed by atoms with Crippen LogP contribution in [0.5, 0.6) is 0 Å². The number of carbonyl (C=O) groups is 1. The molecule has 8 heteroatoms. The molecule has 0 aromatic heterocycles. The van der Waals surface area contributed by atoms with E-state index in [1.54, 1.807) is 0 Å². The van der Waals surface area contributed by atoms with Crippen molar-refractivity contribution >= 4 is 16.0 Å². The monoisotopic (exact) mass is 320 g/mol. The number of nitrogens with zero attached hydrogens (tertiary/aromatic N) is 1. The molecular weight excluding hydrogens is 296 g/mol. The summed E-state index contributed by atoms with van der Waals surface area (Å²) in [5, 5.41) is 0. The van der Waals surface area contributed by atoms with Gasteiger partial charge in [-0.25, -0.2) is 13.1 Å². The van der Waals surface area contributed by atoms with Gasteiger partial charge < -0.3 is 9.47 Å². The standard InChI is InChI=1S/C13H24N2O5S/c1-19-13(16)5-3-7-21(17,18)14-8-12-9-15-6-2-4-11(15)10-20-12/h11-12,14H,2-10H2,1H3. The van der Waals surface area contributed by atoms with Gasteiger partial charge in [0.05, 0.1) is 25.6 Å². The van der Waals surface area contributed by atoms with Gasteiger partial charge in [-0.3, -0.25) is 9.69 Å². The number of hydrogen-bond donors (Lipinski definition) is 1. The smallest absolute Gasteiger partial charge is 0.305 e. The van der Waals surface area contributed by atoms with Gasteiger partial charge in [0.15, 0.2) is 0 Å². The van der Waals surface area contributed by atoms with Crippen molar-refractivity contribution in [2.24, 2.45) is 0 Å². The number of fused-ring (bicyclic) bond motifs is 1. The number of ether oxygens (including phenoxy) is 2. The van der Waals surface area contributed by atoms with Crippen LogP contribution < -0.4 is 4.72 Å². The van der Waals surface area contributed by atoms with Crippen LogP contribution in [-0.4, -0.2) is 70.5 Å². The predicted molar refractivity (Wildman–Crippen MR) is 77.4 cm³/mol. The maximum Gasteiger partial charge on any atom is 0.305 e. The molecule has 0 aromatic rings. The molecule has 2 rings (SSSR count). The van der Waals surface area contributed by atoms with E-state index in [1.165, 1.54) is 20.0 Å². The van der Waals surface area contributed by atoms with Crippen molar-refractivity contribution in [2.45, 2.75) is 37.8 Å². The summed E-state index contributed by atoms with van der Waals surface area (Å²) in [6, 6.07) is 0.512. The van der Waals surface area contributed by atoms with E-state index in [4.69, 9.17) is 4.74 Å². The summed E-state index contributed by atoms with van der Waals surface area (Å²) in [5.41, 5.74) is 0. The first kappa shape index (κ1) is 16.7. The van der Waals surface area contributed by atoms with Gasteiger partial charge in [-0.2, -0.15) is 0 Å². The molecular formula is C13H24N2O5S. The molecule has 2 atom stereocenters. The number of morpholine rings is 1. The summed E-state index contributed by atoms with van der Waals surface area (Å²) < 4.78 is 36.4. The zero-order valence-electron chi connectivity index (χ0n) is 12.4. The highest BCUT2D eigenvalue weighted by molar-refractivity contribution is 7.89. The first-order valence-electron chi connectivity index (χ1n) is 7.40. The Kier molecular flexibility index (Phi) is 5.98. The molecule has 0 radical (unpaired) electrons. The van der Waals surface area contributed by atoms with E-state index in [-0.39, 0.29) is 30.7 Å². The van der Waals surface area contributed by atoms with Gasteiger partial charge in [0.25, 0.3) is 0 Å². The molecule has 0 saturated carbocycles. The highest BCUT2D eigenvalue weighted by Crippen LogP contribution is 2.22. The second-order valence-electron chi connectivity index (χ2n) is 5.59. The van der Waals surface area contributed by atoms with Crippen molar-refractivity contribution in [1.82, 2.24) is 9.62 Å². The van der Waals surface area contributed by atoms with Gasteiger partial charge in [0.1, 0.15) is 0 Å². The Morgan fingerprint density at radius 1 is 1.48 bits per heavy atom. The summed E-state index contributed by atoms with van der Waals surface area (Å²) in [7, 11) is -2.07. The minimum atomic E-state index is -3.36. The number of methoxy groups -OCH3 is 1. The molecule has 122 valence electrons. The Balaban J connectivity index is 1.68. The molecule has 2 fully saturated rings. The summed E-state index contributed by atoms with van der Waals surface area (Å²) in [4.78, 5) is 13.3. The van der Waals surface area contributed by atoms with Crippen LogP contribution in [0.2, 0.25) is 0 Å². The van der Waals surface area contributed by atoms with Crippen molar-refractivity contribution < 1.29 is 22.7 Å². The van der Waals surface area contributed by atoms with Crippen LogP contribution in [-0.2, 0) is 24.3 Å². The van der Waals surface area contributed by atoms with Gasteiger partial charge in [-0.15, -0.1) is 0 Å². The minimum Gasteiger partial charge on any atom is -0.469 e. The lowest BCUT2D eigenvalue weighted by Gasteiger charge is -2.35. The summed E-state index contributed by atoms with van der Waals surface area (Å²) in [6.45, 7) is 2.85. The maximum absolute atomic E-state index is 11.8. The molecule has 0 amide bonds. The number of hydrogen-bond acceptors (Lipinski definition) is 6. The second-order valence-corrected chi connectivity index (χ2v) is 7.52. The first-order chi connectivity index (χ1) is 10.00. The summed E-state index contributed by atoms with van der Waals surface area (Å²) >= 11 is 0. The molecule has 21 heavy (non-hydrogen) atoms. The molecule has 2 unspecified atom stereocenters. The Morgan fingerprint density at radius 3 is 3.05 bits per heavy atom.